The molecule has 0 spiro atoms. The maximum Gasteiger partial charge on any atom is -0.00143 e. The first-order chi connectivity index (χ1) is 13.9. The molecule has 0 N–H and O–H groups in total. The van der Waals surface area contributed by atoms with Gasteiger partial charge in [0.2, 0.25) is 0 Å². The Kier molecular flexibility index (Phi) is 4.23. The highest BCUT2D eigenvalue weighted by molar-refractivity contribution is 6.07. The Labute approximate surface area is 164 Å². The van der Waals surface area contributed by atoms with E-state index in [4.69, 9.17) is 0 Å². The van der Waals surface area contributed by atoms with Gasteiger partial charge in [-0.2, -0.15) is 0 Å². The standard InChI is InChI=1S/2C14H9/c1-3-7-13-11(5-1)9-10-12-6-2-4-8-14(12)13;1-2-6-12-10-14-8-4-3-7-13(14)9-11(12)5-1/h1-5,7-10H;1-9H. The van der Waals surface area contributed by atoms with Crippen molar-refractivity contribution in [2.75, 3.05) is 0 Å². The number of hydrogen-bond donors (Lipinski definition) is 0. The van der Waals surface area contributed by atoms with Crippen LogP contribution in [-0.4, -0.2) is 0 Å². The second kappa shape index (κ2) is 7.17. The van der Waals surface area contributed by atoms with E-state index in [0.29, 0.717) is 0 Å². The molecule has 0 aliphatic heterocycles. The average molecular weight is 354 g/mol. The van der Waals surface area contributed by atoms with Crippen molar-refractivity contribution in [3.05, 3.63) is 121 Å². The second-order valence-electron chi connectivity index (χ2n) is 6.86. The van der Waals surface area contributed by atoms with Gasteiger partial charge in [0, 0.05) is 0 Å². The predicted molar refractivity (Wildman–Crippen MR) is 121 cm³/mol. The molecule has 0 heterocycles. The van der Waals surface area contributed by atoms with Crippen LogP contribution >= 0.6 is 0 Å². The normalized spacial score (nSPS) is 10.9. The number of rotatable bonds is 0. The van der Waals surface area contributed by atoms with Crippen LogP contribution in [0.3, 0.4) is 0 Å². The van der Waals surface area contributed by atoms with Gasteiger partial charge >= 0.3 is 0 Å². The van der Waals surface area contributed by atoms with Gasteiger partial charge in [-0.25, -0.2) is 0 Å². The highest BCUT2D eigenvalue weighted by atomic mass is 14.0. The molecule has 0 bridgehead atoms. The Bertz CT molecular complexity index is 1230. The molecule has 0 aliphatic rings. The van der Waals surface area contributed by atoms with Crippen LogP contribution in [0.4, 0.5) is 0 Å². The van der Waals surface area contributed by atoms with Gasteiger partial charge in [0.25, 0.3) is 0 Å². The molecular formula is C28H18. The van der Waals surface area contributed by atoms with Crippen LogP contribution in [0.2, 0.25) is 0 Å². The van der Waals surface area contributed by atoms with Gasteiger partial charge in [-0.1, -0.05) is 103 Å². The molecule has 0 saturated heterocycles. The van der Waals surface area contributed by atoms with Crippen molar-refractivity contribution in [2.45, 2.75) is 0 Å². The second-order valence-corrected chi connectivity index (χ2v) is 6.86. The molecule has 2 radical (unpaired) electrons. The Balaban J connectivity index is 0.000000122. The van der Waals surface area contributed by atoms with Crippen LogP contribution in [0.25, 0.3) is 43.1 Å². The molecule has 0 aliphatic carbocycles. The zero-order valence-corrected chi connectivity index (χ0v) is 15.4. The Morgan fingerprint density at radius 3 is 1.79 bits per heavy atom. The van der Waals surface area contributed by atoms with E-state index in [1.807, 2.05) is 24.3 Å². The fourth-order valence-electron chi connectivity index (χ4n) is 3.67. The summed E-state index contributed by atoms with van der Waals surface area (Å²) >= 11 is 0. The van der Waals surface area contributed by atoms with Gasteiger partial charge in [0.15, 0.2) is 0 Å². The SMILES string of the molecule is [c]1c2ccccc2cc2ccccc12.[c]1cccc2c1ccc1ccccc12. The fourth-order valence-corrected chi connectivity index (χ4v) is 3.67. The molecule has 6 aromatic carbocycles. The molecule has 6 aromatic rings. The summed E-state index contributed by atoms with van der Waals surface area (Å²) in [6.07, 6.45) is 0. The van der Waals surface area contributed by atoms with Crippen LogP contribution < -0.4 is 0 Å². The largest absolute Gasteiger partial charge is 0.0616 e. The Morgan fingerprint density at radius 2 is 1.04 bits per heavy atom. The molecule has 0 atom stereocenters. The Morgan fingerprint density at radius 1 is 0.429 bits per heavy atom. The highest BCUT2D eigenvalue weighted by Gasteiger charge is 1.98. The van der Waals surface area contributed by atoms with Crippen molar-refractivity contribution in [1.29, 1.82) is 0 Å². The van der Waals surface area contributed by atoms with Crippen molar-refractivity contribution in [1.82, 2.24) is 0 Å². The average Bonchev–Trinajstić information content (AvgIpc) is 2.78. The van der Waals surface area contributed by atoms with Gasteiger partial charge in [0.05, 0.1) is 0 Å². The lowest BCUT2D eigenvalue weighted by molar-refractivity contribution is 1.76. The third kappa shape index (κ3) is 3.10. The van der Waals surface area contributed by atoms with Crippen molar-refractivity contribution in [3.63, 3.8) is 0 Å². The minimum atomic E-state index is 1.19. The molecule has 0 unspecified atom stereocenters. The summed E-state index contributed by atoms with van der Waals surface area (Å²) in [7, 11) is 0. The Hall–Kier alpha value is -3.64. The maximum atomic E-state index is 3.41. The first-order valence-corrected chi connectivity index (χ1v) is 9.46. The summed E-state index contributed by atoms with van der Waals surface area (Å²) in [5.74, 6) is 0. The smallest absolute Gasteiger partial charge is 0.00143 e. The molecule has 6 rings (SSSR count). The van der Waals surface area contributed by atoms with E-state index in [2.05, 4.69) is 97.1 Å². The minimum absolute atomic E-state index is 1.19. The third-order valence-electron chi connectivity index (χ3n) is 5.07. The van der Waals surface area contributed by atoms with Gasteiger partial charge < -0.3 is 0 Å². The van der Waals surface area contributed by atoms with E-state index >= 15 is 0 Å². The van der Waals surface area contributed by atoms with Crippen LogP contribution in [0, 0.1) is 12.1 Å². The molecule has 0 nitrogen and oxygen atoms in total. The monoisotopic (exact) mass is 354 g/mol. The molecule has 130 valence electrons. The van der Waals surface area contributed by atoms with Crippen LogP contribution in [0.15, 0.2) is 109 Å². The zero-order chi connectivity index (χ0) is 18.8. The van der Waals surface area contributed by atoms with E-state index in [9.17, 15) is 0 Å². The topological polar surface area (TPSA) is 0 Å². The molecule has 0 aromatic heterocycles. The van der Waals surface area contributed by atoms with Crippen LogP contribution in [0.5, 0.6) is 0 Å². The summed E-state index contributed by atoms with van der Waals surface area (Å²) in [6.45, 7) is 0. The molecule has 28 heavy (non-hydrogen) atoms. The molecule has 0 amide bonds. The predicted octanol–water partition coefficient (Wildman–Crippen LogP) is 7.59. The molecular weight excluding hydrogens is 336 g/mol. The highest BCUT2D eigenvalue weighted by Crippen LogP contribution is 2.24. The van der Waals surface area contributed by atoms with Crippen molar-refractivity contribution in [2.24, 2.45) is 0 Å². The van der Waals surface area contributed by atoms with E-state index in [1.54, 1.807) is 0 Å². The zero-order valence-electron chi connectivity index (χ0n) is 15.4. The molecule has 0 heteroatoms. The van der Waals surface area contributed by atoms with Crippen LogP contribution in [0.1, 0.15) is 0 Å². The number of benzene rings is 6. The van der Waals surface area contributed by atoms with E-state index in [0.717, 1.165) is 0 Å². The lowest BCUT2D eigenvalue weighted by atomic mass is 10.0. The van der Waals surface area contributed by atoms with Gasteiger partial charge in [0.1, 0.15) is 0 Å². The number of fused-ring (bicyclic) bond motifs is 5. The van der Waals surface area contributed by atoms with Gasteiger partial charge in [-0.15, -0.1) is 0 Å². The third-order valence-corrected chi connectivity index (χ3v) is 5.07. The summed E-state index contributed by atoms with van der Waals surface area (Å²) in [5, 5.41) is 9.95. The quantitative estimate of drug-likeness (QED) is 0.195. The lowest BCUT2D eigenvalue weighted by Crippen LogP contribution is -1.75. The fraction of sp³-hybridized carbons (Fsp3) is 0. The van der Waals surface area contributed by atoms with E-state index < -0.39 is 0 Å². The number of hydrogen-bond acceptors (Lipinski definition) is 0. The van der Waals surface area contributed by atoms with Crippen molar-refractivity contribution >= 4 is 43.1 Å². The lowest BCUT2D eigenvalue weighted by Gasteiger charge is -2.01. The first-order valence-electron chi connectivity index (χ1n) is 9.46. The van der Waals surface area contributed by atoms with Crippen molar-refractivity contribution in [3.8, 4) is 0 Å². The summed E-state index contributed by atoms with van der Waals surface area (Å²) in [4.78, 5) is 0. The van der Waals surface area contributed by atoms with Gasteiger partial charge in [-0.3, -0.25) is 0 Å². The van der Waals surface area contributed by atoms with E-state index in [1.165, 1.54) is 43.1 Å². The van der Waals surface area contributed by atoms with Gasteiger partial charge in [-0.05, 0) is 61.3 Å². The molecule has 0 saturated carbocycles. The van der Waals surface area contributed by atoms with E-state index in [-0.39, 0.29) is 0 Å². The first kappa shape index (κ1) is 16.5. The maximum absolute atomic E-state index is 3.41. The summed E-state index contributed by atoms with van der Waals surface area (Å²) in [5.41, 5.74) is 0. The van der Waals surface area contributed by atoms with Crippen LogP contribution in [-0.2, 0) is 0 Å². The summed E-state index contributed by atoms with van der Waals surface area (Å²) in [6, 6.07) is 44.4. The molecule has 0 fully saturated rings. The van der Waals surface area contributed by atoms with Crippen molar-refractivity contribution < 1.29 is 0 Å². The summed E-state index contributed by atoms with van der Waals surface area (Å²) < 4.78 is 0. The minimum Gasteiger partial charge on any atom is -0.0616 e.